The highest BCUT2D eigenvalue weighted by Crippen LogP contribution is 2.31. The van der Waals surface area contributed by atoms with E-state index in [0.29, 0.717) is 11.5 Å². The number of anilines is 1. The molecule has 1 fully saturated rings. The van der Waals surface area contributed by atoms with Crippen molar-refractivity contribution in [1.82, 2.24) is 0 Å². The van der Waals surface area contributed by atoms with E-state index in [0.717, 1.165) is 37.4 Å². The second-order valence-electron chi connectivity index (χ2n) is 5.47. The zero-order valence-electron chi connectivity index (χ0n) is 12.2. The Labute approximate surface area is 120 Å². The maximum atomic E-state index is 9.93. The second kappa shape index (κ2) is 6.74. The van der Waals surface area contributed by atoms with E-state index in [9.17, 15) is 5.11 Å². The van der Waals surface area contributed by atoms with Crippen LogP contribution in [0.4, 0.5) is 5.69 Å². The number of hydrogen-bond acceptors (Lipinski definition) is 4. The van der Waals surface area contributed by atoms with Crippen LogP contribution < -0.4 is 4.90 Å². The summed E-state index contributed by atoms with van der Waals surface area (Å²) in [6.07, 6.45) is 1.76. The van der Waals surface area contributed by atoms with Gasteiger partial charge in [-0.3, -0.25) is 0 Å². The molecular weight excluding hydrogens is 252 g/mol. The molecule has 0 saturated carbocycles. The summed E-state index contributed by atoms with van der Waals surface area (Å²) in [5, 5.41) is 19.0. The molecular formula is C16H22N2O2. The Balaban J connectivity index is 2.27. The number of methoxy groups -OCH3 is 1. The summed E-state index contributed by atoms with van der Waals surface area (Å²) < 4.78 is 5.26. The van der Waals surface area contributed by atoms with Gasteiger partial charge < -0.3 is 14.7 Å². The Bertz CT molecular complexity index is 492. The van der Waals surface area contributed by atoms with Crippen molar-refractivity contribution in [2.24, 2.45) is 5.92 Å². The predicted octanol–water partition coefficient (Wildman–Crippen LogP) is 2.47. The van der Waals surface area contributed by atoms with Crippen LogP contribution in [0.3, 0.4) is 0 Å². The SMILES string of the molecule is COCC1CCCN(c2cc(C#N)ccc2[C@H](C)O)C1. The number of ether oxygens (including phenoxy) is 1. The van der Waals surface area contributed by atoms with Crippen LogP contribution in [0.25, 0.3) is 0 Å². The van der Waals surface area contributed by atoms with Gasteiger partial charge in [0.1, 0.15) is 0 Å². The molecule has 1 aromatic carbocycles. The van der Waals surface area contributed by atoms with Crippen LogP contribution in [0.15, 0.2) is 18.2 Å². The van der Waals surface area contributed by atoms with Crippen LogP contribution in [0, 0.1) is 17.2 Å². The summed E-state index contributed by atoms with van der Waals surface area (Å²) in [7, 11) is 1.73. The van der Waals surface area contributed by atoms with Gasteiger partial charge in [0.2, 0.25) is 0 Å². The fraction of sp³-hybridized carbons (Fsp3) is 0.562. The van der Waals surface area contributed by atoms with E-state index in [-0.39, 0.29) is 0 Å². The van der Waals surface area contributed by atoms with Gasteiger partial charge in [-0.15, -0.1) is 0 Å². The quantitative estimate of drug-likeness (QED) is 0.916. The lowest BCUT2D eigenvalue weighted by atomic mass is 9.96. The standard InChI is InChI=1S/C16H22N2O2/c1-12(19)15-6-5-13(9-17)8-16(15)18-7-3-4-14(10-18)11-20-2/h5-6,8,12,14,19H,3-4,7,10-11H2,1-2H3/t12-,14?/m0/s1. The van der Waals surface area contributed by atoms with Gasteiger partial charge in [0.25, 0.3) is 0 Å². The molecule has 4 heteroatoms. The highest BCUT2D eigenvalue weighted by atomic mass is 16.5. The molecule has 1 aromatic rings. The van der Waals surface area contributed by atoms with Crippen LogP contribution in [-0.2, 0) is 4.74 Å². The molecule has 20 heavy (non-hydrogen) atoms. The Hall–Kier alpha value is -1.57. The third kappa shape index (κ3) is 3.30. The number of rotatable bonds is 4. The minimum Gasteiger partial charge on any atom is -0.389 e. The molecule has 2 rings (SSSR count). The molecule has 1 saturated heterocycles. The molecule has 0 aliphatic carbocycles. The van der Waals surface area contributed by atoms with Gasteiger partial charge >= 0.3 is 0 Å². The lowest BCUT2D eigenvalue weighted by molar-refractivity contribution is 0.143. The fourth-order valence-electron chi connectivity index (χ4n) is 2.90. The molecule has 1 unspecified atom stereocenters. The van der Waals surface area contributed by atoms with Crippen molar-refractivity contribution in [1.29, 1.82) is 5.26 Å². The van der Waals surface area contributed by atoms with Crippen molar-refractivity contribution in [2.45, 2.75) is 25.9 Å². The van der Waals surface area contributed by atoms with Crippen molar-refractivity contribution >= 4 is 5.69 Å². The molecule has 1 N–H and O–H groups in total. The number of hydrogen-bond donors (Lipinski definition) is 1. The first-order valence-corrected chi connectivity index (χ1v) is 7.11. The number of piperidine rings is 1. The fourth-order valence-corrected chi connectivity index (χ4v) is 2.90. The average Bonchev–Trinajstić information content (AvgIpc) is 2.47. The van der Waals surface area contributed by atoms with Crippen molar-refractivity contribution in [3.05, 3.63) is 29.3 Å². The van der Waals surface area contributed by atoms with E-state index in [1.807, 2.05) is 12.1 Å². The van der Waals surface area contributed by atoms with E-state index in [1.54, 1.807) is 20.1 Å². The smallest absolute Gasteiger partial charge is 0.0992 e. The summed E-state index contributed by atoms with van der Waals surface area (Å²) >= 11 is 0. The van der Waals surface area contributed by atoms with E-state index in [4.69, 9.17) is 10.00 Å². The van der Waals surface area contributed by atoms with Gasteiger partial charge in [-0.25, -0.2) is 0 Å². The first kappa shape index (κ1) is 14.8. The molecule has 1 aliphatic heterocycles. The average molecular weight is 274 g/mol. The minimum absolute atomic E-state index is 0.515. The van der Waals surface area contributed by atoms with Gasteiger partial charge in [0.15, 0.2) is 0 Å². The van der Waals surface area contributed by atoms with Gasteiger partial charge in [0.05, 0.1) is 24.3 Å². The van der Waals surface area contributed by atoms with Crippen LogP contribution in [0.1, 0.15) is 37.0 Å². The van der Waals surface area contributed by atoms with Gasteiger partial charge in [-0.2, -0.15) is 5.26 Å². The molecule has 4 nitrogen and oxygen atoms in total. The lowest BCUT2D eigenvalue weighted by Crippen LogP contribution is -2.37. The Morgan fingerprint density at radius 2 is 2.35 bits per heavy atom. The first-order chi connectivity index (χ1) is 9.65. The maximum Gasteiger partial charge on any atom is 0.0992 e. The van der Waals surface area contributed by atoms with E-state index >= 15 is 0 Å². The molecule has 0 aromatic heterocycles. The first-order valence-electron chi connectivity index (χ1n) is 7.11. The van der Waals surface area contributed by atoms with E-state index in [1.165, 1.54) is 6.42 Å². The highest BCUT2D eigenvalue weighted by molar-refractivity contribution is 5.58. The number of benzene rings is 1. The number of aliphatic hydroxyl groups is 1. The van der Waals surface area contributed by atoms with Gasteiger partial charge in [0, 0.05) is 31.5 Å². The predicted molar refractivity (Wildman–Crippen MR) is 78.6 cm³/mol. The summed E-state index contributed by atoms with van der Waals surface area (Å²) in [6.45, 7) is 4.41. The number of nitriles is 1. The lowest BCUT2D eigenvalue weighted by Gasteiger charge is -2.35. The Morgan fingerprint density at radius 1 is 1.55 bits per heavy atom. The monoisotopic (exact) mass is 274 g/mol. The maximum absolute atomic E-state index is 9.93. The molecule has 1 heterocycles. The van der Waals surface area contributed by atoms with Crippen LogP contribution in [-0.4, -0.2) is 31.9 Å². The van der Waals surface area contributed by atoms with Crippen LogP contribution >= 0.6 is 0 Å². The minimum atomic E-state index is -0.527. The summed E-state index contributed by atoms with van der Waals surface area (Å²) in [4.78, 5) is 2.27. The number of nitrogens with zero attached hydrogens (tertiary/aromatic N) is 2. The molecule has 0 bridgehead atoms. The summed E-state index contributed by atoms with van der Waals surface area (Å²) in [5.74, 6) is 0.515. The van der Waals surface area contributed by atoms with Crippen molar-refractivity contribution < 1.29 is 9.84 Å². The summed E-state index contributed by atoms with van der Waals surface area (Å²) in [5.41, 5.74) is 2.51. The second-order valence-corrected chi connectivity index (χ2v) is 5.47. The number of aliphatic hydroxyl groups excluding tert-OH is 1. The van der Waals surface area contributed by atoms with Crippen molar-refractivity contribution in [2.75, 3.05) is 31.7 Å². The van der Waals surface area contributed by atoms with Crippen molar-refractivity contribution in [3.8, 4) is 6.07 Å². The van der Waals surface area contributed by atoms with Crippen LogP contribution in [0.2, 0.25) is 0 Å². The topological polar surface area (TPSA) is 56.5 Å². The van der Waals surface area contributed by atoms with Crippen LogP contribution in [0.5, 0.6) is 0 Å². The van der Waals surface area contributed by atoms with E-state index < -0.39 is 6.10 Å². The molecule has 0 radical (unpaired) electrons. The normalized spacial score (nSPS) is 20.5. The van der Waals surface area contributed by atoms with Gasteiger partial charge in [-0.05, 0) is 37.8 Å². The van der Waals surface area contributed by atoms with E-state index in [2.05, 4.69) is 11.0 Å². The Kier molecular flexibility index (Phi) is 4.99. The summed E-state index contributed by atoms with van der Waals surface area (Å²) in [6, 6.07) is 7.69. The zero-order valence-corrected chi connectivity index (χ0v) is 12.2. The molecule has 1 aliphatic rings. The third-order valence-corrected chi connectivity index (χ3v) is 3.87. The molecule has 108 valence electrons. The Morgan fingerprint density at radius 3 is 3.00 bits per heavy atom. The third-order valence-electron chi connectivity index (χ3n) is 3.87. The highest BCUT2D eigenvalue weighted by Gasteiger charge is 2.23. The largest absolute Gasteiger partial charge is 0.389 e. The zero-order chi connectivity index (χ0) is 14.5. The molecule has 2 atom stereocenters. The molecule has 0 spiro atoms. The van der Waals surface area contributed by atoms with Gasteiger partial charge in [-0.1, -0.05) is 6.07 Å². The van der Waals surface area contributed by atoms with Crippen molar-refractivity contribution in [3.63, 3.8) is 0 Å². The molecule has 0 amide bonds.